The zero-order valence-corrected chi connectivity index (χ0v) is 19.7. The lowest BCUT2D eigenvalue weighted by Gasteiger charge is -2.35. The molecular weight excluding hydrogens is 423 g/mol. The number of nitrogens with zero attached hydrogens (tertiary/aromatic N) is 6. The van der Waals surface area contributed by atoms with Gasteiger partial charge < -0.3 is 14.5 Å². The maximum atomic E-state index is 13.5. The molecular formula is C24H31FN6O2. The summed E-state index contributed by atoms with van der Waals surface area (Å²) < 4.78 is 20.3. The molecule has 1 aliphatic heterocycles. The summed E-state index contributed by atoms with van der Waals surface area (Å²) in [6.45, 7) is 8.90. The molecule has 1 amide bonds. The molecule has 1 saturated heterocycles. The normalized spacial score (nSPS) is 15.3. The third-order valence-corrected chi connectivity index (χ3v) is 6.13. The number of piperazine rings is 1. The van der Waals surface area contributed by atoms with Gasteiger partial charge in [-0.05, 0) is 37.6 Å². The summed E-state index contributed by atoms with van der Waals surface area (Å²) in [5, 5.41) is 5.64. The number of carbonyl (C=O) groups is 1. The first-order chi connectivity index (χ1) is 15.9. The fraction of sp³-hybridized carbons (Fsp3) is 0.500. The second kappa shape index (κ2) is 9.82. The highest BCUT2D eigenvalue weighted by molar-refractivity contribution is 5.91. The SMILES string of the molecule is CCC[C@H](C)c1nc(N2CCN(C(=O)COC)CC2)c2c(C)nn(-c3ccc(F)cc3)c2n1. The Hall–Kier alpha value is -3.07. The van der Waals surface area contributed by atoms with Crippen molar-refractivity contribution in [2.24, 2.45) is 0 Å². The summed E-state index contributed by atoms with van der Waals surface area (Å²) in [6.07, 6.45) is 2.02. The zero-order valence-electron chi connectivity index (χ0n) is 19.7. The molecule has 1 aromatic carbocycles. The quantitative estimate of drug-likeness (QED) is 0.544. The van der Waals surface area contributed by atoms with Crippen LogP contribution in [0.2, 0.25) is 0 Å². The van der Waals surface area contributed by atoms with Gasteiger partial charge in [0.05, 0.1) is 16.8 Å². The lowest BCUT2D eigenvalue weighted by molar-refractivity contribution is -0.135. The van der Waals surface area contributed by atoms with Gasteiger partial charge in [0.25, 0.3) is 0 Å². The van der Waals surface area contributed by atoms with Crippen molar-refractivity contribution < 1.29 is 13.9 Å². The van der Waals surface area contributed by atoms with E-state index in [0.29, 0.717) is 26.2 Å². The minimum absolute atomic E-state index is 0.00236. The highest BCUT2D eigenvalue weighted by Gasteiger charge is 2.27. The first kappa shape index (κ1) is 23.1. The molecule has 4 rings (SSSR count). The third kappa shape index (κ3) is 4.68. The molecule has 33 heavy (non-hydrogen) atoms. The van der Waals surface area contributed by atoms with Gasteiger partial charge in [0.15, 0.2) is 5.65 Å². The Morgan fingerprint density at radius 3 is 2.48 bits per heavy atom. The van der Waals surface area contributed by atoms with E-state index in [4.69, 9.17) is 19.8 Å². The van der Waals surface area contributed by atoms with Gasteiger partial charge in [0.2, 0.25) is 5.91 Å². The number of aromatic nitrogens is 4. The van der Waals surface area contributed by atoms with E-state index in [1.165, 1.54) is 19.2 Å². The van der Waals surface area contributed by atoms with Crippen LogP contribution in [0.5, 0.6) is 0 Å². The van der Waals surface area contributed by atoms with E-state index in [1.807, 2.05) is 11.8 Å². The molecule has 8 nitrogen and oxygen atoms in total. The first-order valence-corrected chi connectivity index (χ1v) is 11.5. The van der Waals surface area contributed by atoms with Crippen LogP contribution < -0.4 is 4.90 Å². The maximum absolute atomic E-state index is 13.5. The molecule has 9 heteroatoms. The standard InChI is InChI=1S/C24H31FN6O2/c1-5-6-16(2)22-26-23(30-13-11-29(12-14-30)20(32)15-33-4)21-17(3)28-31(24(21)27-22)19-9-7-18(25)8-10-19/h7-10,16H,5-6,11-15H2,1-4H3/t16-/m0/s1. The first-order valence-electron chi connectivity index (χ1n) is 11.5. The Balaban J connectivity index is 1.77. The van der Waals surface area contributed by atoms with E-state index < -0.39 is 0 Å². The molecule has 3 aromatic rings. The zero-order chi connectivity index (χ0) is 23.5. The smallest absolute Gasteiger partial charge is 0.248 e. The van der Waals surface area contributed by atoms with Crippen LogP contribution in [0.1, 0.15) is 44.1 Å². The maximum Gasteiger partial charge on any atom is 0.248 e. The molecule has 1 aliphatic rings. The van der Waals surface area contributed by atoms with Gasteiger partial charge in [0.1, 0.15) is 24.1 Å². The average Bonchev–Trinajstić information content (AvgIpc) is 3.16. The van der Waals surface area contributed by atoms with Gasteiger partial charge in [-0.25, -0.2) is 19.0 Å². The lowest BCUT2D eigenvalue weighted by atomic mass is 10.1. The van der Waals surface area contributed by atoms with Crippen molar-refractivity contribution in [2.75, 3.05) is 44.8 Å². The van der Waals surface area contributed by atoms with Crippen LogP contribution in [-0.2, 0) is 9.53 Å². The predicted octanol–water partition coefficient (Wildman–Crippen LogP) is 3.46. The van der Waals surface area contributed by atoms with Gasteiger partial charge in [-0.1, -0.05) is 20.3 Å². The molecule has 1 atom stereocenters. The minimum atomic E-state index is -0.291. The third-order valence-electron chi connectivity index (χ3n) is 6.13. The summed E-state index contributed by atoms with van der Waals surface area (Å²) in [7, 11) is 1.53. The molecule has 0 radical (unpaired) electrons. The average molecular weight is 455 g/mol. The van der Waals surface area contributed by atoms with Crippen molar-refractivity contribution in [3.8, 4) is 5.69 Å². The molecule has 0 bridgehead atoms. The number of rotatable bonds is 7. The Morgan fingerprint density at radius 2 is 1.85 bits per heavy atom. The topological polar surface area (TPSA) is 76.4 Å². The van der Waals surface area contributed by atoms with Crippen LogP contribution in [0.15, 0.2) is 24.3 Å². The van der Waals surface area contributed by atoms with Crippen LogP contribution >= 0.6 is 0 Å². The largest absolute Gasteiger partial charge is 0.375 e. The van der Waals surface area contributed by atoms with Gasteiger partial charge in [0, 0.05) is 39.2 Å². The number of hydrogen-bond acceptors (Lipinski definition) is 6. The fourth-order valence-corrected chi connectivity index (χ4v) is 4.33. The lowest BCUT2D eigenvalue weighted by Crippen LogP contribution is -2.50. The van der Waals surface area contributed by atoms with Crippen molar-refractivity contribution in [3.63, 3.8) is 0 Å². The number of ether oxygens (including phenoxy) is 1. The number of anilines is 1. The molecule has 2 aromatic heterocycles. The summed E-state index contributed by atoms with van der Waals surface area (Å²) in [5.41, 5.74) is 2.29. The highest BCUT2D eigenvalue weighted by Crippen LogP contribution is 2.32. The Morgan fingerprint density at radius 1 is 1.15 bits per heavy atom. The monoisotopic (exact) mass is 454 g/mol. The Kier molecular flexibility index (Phi) is 6.88. The molecule has 176 valence electrons. The number of amides is 1. The predicted molar refractivity (Wildman–Crippen MR) is 125 cm³/mol. The van der Waals surface area contributed by atoms with Crippen molar-refractivity contribution in [1.82, 2.24) is 24.6 Å². The number of aryl methyl sites for hydroxylation is 1. The summed E-state index contributed by atoms with van der Waals surface area (Å²) >= 11 is 0. The van der Waals surface area contributed by atoms with Crippen LogP contribution in [-0.4, -0.2) is 70.5 Å². The van der Waals surface area contributed by atoms with E-state index in [2.05, 4.69) is 18.7 Å². The molecule has 1 fully saturated rings. The van der Waals surface area contributed by atoms with Crippen LogP contribution in [0.3, 0.4) is 0 Å². The highest BCUT2D eigenvalue weighted by atomic mass is 19.1. The summed E-state index contributed by atoms with van der Waals surface area (Å²) in [6, 6.07) is 6.27. The van der Waals surface area contributed by atoms with E-state index >= 15 is 0 Å². The fourth-order valence-electron chi connectivity index (χ4n) is 4.33. The summed E-state index contributed by atoms with van der Waals surface area (Å²) in [5.74, 6) is 1.53. The molecule has 0 aliphatic carbocycles. The van der Waals surface area contributed by atoms with E-state index in [9.17, 15) is 9.18 Å². The molecule has 0 saturated carbocycles. The summed E-state index contributed by atoms with van der Waals surface area (Å²) in [4.78, 5) is 26.2. The number of halogens is 1. The molecule has 3 heterocycles. The van der Waals surface area contributed by atoms with E-state index in [-0.39, 0.29) is 24.2 Å². The number of hydrogen-bond donors (Lipinski definition) is 0. The van der Waals surface area contributed by atoms with Crippen LogP contribution in [0.4, 0.5) is 10.2 Å². The van der Waals surface area contributed by atoms with Crippen molar-refractivity contribution >= 4 is 22.8 Å². The van der Waals surface area contributed by atoms with Gasteiger partial charge >= 0.3 is 0 Å². The van der Waals surface area contributed by atoms with Crippen molar-refractivity contribution in [1.29, 1.82) is 0 Å². The second-order valence-corrected chi connectivity index (χ2v) is 8.57. The van der Waals surface area contributed by atoms with Crippen molar-refractivity contribution in [2.45, 2.75) is 39.5 Å². The van der Waals surface area contributed by atoms with Crippen LogP contribution in [0.25, 0.3) is 16.7 Å². The number of benzene rings is 1. The molecule has 0 N–H and O–H groups in total. The number of fused-ring (bicyclic) bond motifs is 1. The van der Waals surface area contributed by atoms with Gasteiger partial charge in [-0.2, -0.15) is 5.10 Å². The molecule has 0 unspecified atom stereocenters. The van der Waals surface area contributed by atoms with E-state index in [1.54, 1.807) is 16.8 Å². The van der Waals surface area contributed by atoms with Gasteiger partial charge in [-0.15, -0.1) is 0 Å². The number of methoxy groups -OCH3 is 1. The molecule has 0 spiro atoms. The van der Waals surface area contributed by atoms with Gasteiger partial charge in [-0.3, -0.25) is 4.79 Å². The Bertz CT molecular complexity index is 1120. The second-order valence-electron chi connectivity index (χ2n) is 8.57. The van der Waals surface area contributed by atoms with E-state index in [0.717, 1.165) is 46.9 Å². The number of carbonyl (C=O) groups excluding carboxylic acids is 1. The van der Waals surface area contributed by atoms with Crippen LogP contribution in [0, 0.1) is 12.7 Å². The minimum Gasteiger partial charge on any atom is -0.375 e. The van der Waals surface area contributed by atoms with Crippen molar-refractivity contribution in [3.05, 3.63) is 41.6 Å². The Labute approximate surface area is 193 Å².